The monoisotopic (exact) mass is 414 g/mol. The van der Waals surface area contributed by atoms with Crippen molar-refractivity contribution in [3.63, 3.8) is 0 Å². The molecule has 0 fully saturated rings. The zero-order valence-electron chi connectivity index (χ0n) is 17.7. The van der Waals surface area contributed by atoms with Gasteiger partial charge in [0.1, 0.15) is 11.5 Å². The molecule has 3 aliphatic heterocycles. The van der Waals surface area contributed by atoms with Crippen LogP contribution in [0, 0.1) is 0 Å². The Bertz CT molecular complexity index is 1160. The highest BCUT2D eigenvalue weighted by Gasteiger charge is 2.51. The third kappa shape index (κ3) is 2.53. The molecule has 5 nitrogen and oxygen atoms in total. The van der Waals surface area contributed by atoms with Crippen molar-refractivity contribution in [2.24, 2.45) is 0 Å². The highest BCUT2D eigenvalue weighted by molar-refractivity contribution is 5.75. The van der Waals surface area contributed by atoms with Crippen molar-refractivity contribution in [2.75, 3.05) is 37.6 Å². The maximum Gasteiger partial charge on any atom is 0.129 e. The van der Waals surface area contributed by atoms with Crippen LogP contribution in [0.5, 0.6) is 11.5 Å². The summed E-state index contributed by atoms with van der Waals surface area (Å²) in [7, 11) is 3.41. The molecule has 0 aromatic heterocycles. The van der Waals surface area contributed by atoms with Crippen molar-refractivity contribution in [1.82, 2.24) is 0 Å². The van der Waals surface area contributed by atoms with Gasteiger partial charge in [-0.15, -0.1) is 0 Å². The van der Waals surface area contributed by atoms with Gasteiger partial charge in [0.05, 0.1) is 32.9 Å². The van der Waals surface area contributed by atoms with Crippen molar-refractivity contribution in [3.05, 3.63) is 82.9 Å². The van der Waals surface area contributed by atoms with Gasteiger partial charge in [0.2, 0.25) is 0 Å². The van der Waals surface area contributed by atoms with Crippen LogP contribution in [0.25, 0.3) is 0 Å². The molecule has 0 radical (unpaired) electrons. The summed E-state index contributed by atoms with van der Waals surface area (Å²) in [5.41, 5.74) is 7.36. The smallest absolute Gasteiger partial charge is 0.129 e. The molecule has 3 aliphatic rings. The van der Waals surface area contributed by atoms with Gasteiger partial charge in [-0.2, -0.15) is 0 Å². The number of nitrogens with zero attached hydrogens (tertiary/aromatic N) is 1. The third-order valence-corrected chi connectivity index (χ3v) is 7.23. The normalized spacial score (nSPS) is 24.8. The number of ether oxygens (including phenoxy) is 2. The van der Waals surface area contributed by atoms with Gasteiger partial charge in [-0.1, -0.05) is 42.5 Å². The van der Waals surface area contributed by atoms with E-state index in [1.165, 1.54) is 22.4 Å². The summed E-state index contributed by atoms with van der Waals surface area (Å²) in [6, 6.07) is 21.6. The molecule has 3 aromatic carbocycles. The molecule has 0 amide bonds. The third-order valence-electron chi connectivity index (χ3n) is 7.23. The Labute approximate surface area is 182 Å². The van der Waals surface area contributed by atoms with Crippen LogP contribution in [-0.2, 0) is 0 Å². The van der Waals surface area contributed by atoms with Gasteiger partial charge in [0.15, 0.2) is 0 Å². The van der Waals surface area contributed by atoms with Crippen molar-refractivity contribution in [2.45, 2.75) is 23.9 Å². The molecule has 0 spiro atoms. The minimum atomic E-state index is 0.0682. The second-order valence-electron chi connectivity index (χ2n) is 8.60. The first-order valence-corrected chi connectivity index (χ1v) is 10.8. The zero-order valence-corrected chi connectivity index (χ0v) is 17.7. The number of methoxy groups -OCH3 is 2. The van der Waals surface area contributed by atoms with E-state index in [0.29, 0.717) is 0 Å². The topological polar surface area (TPSA) is 54.0 Å². The summed E-state index contributed by atoms with van der Waals surface area (Å²) < 4.78 is 11.5. The van der Waals surface area contributed by atoms with Crippen LogP contribution in [-0.4, -0.2) is 32.5 Å². The minimum Gasteiger partial charge on any atom is -0.497 e. The molecule has 0 unspecified atom stereocenters. The number of hydrogen-bond donors (Lipinski definition) is 2. The number of rotatable bonds is 3. The fourth-order valence-electron chi connectivity index (χ4n) is 5.95. The number of aliphatic hydroxyl groups excluding tert-OH is 1. The zero-order chi connectivity index (χ0) is 21.1. The lowest BCUT2D eigenvalue weighted by Gasteiger charge is -2.50. The molecule has 0 saturated carbocycles. The number of fused-ring (bicyclic) bond motifs is 10. The molecule has 0 aliphatic carbocycles. The molecule has 0 saturated heterocycles. The maximum atomic E-state index is 10.2. The van der Waals surface area contributed by atoms with Crippen LogP contribution in [0.4, 0.5) is 11.4 Å². The number of benzene rings is 3. The van der Waals surface area contributed by atoms with Crippen LogP contribution >= 0.6 is 0 Å². The Morgan fingerprint density at radius 1 is 0.968 bits per heavy atom. The molecule has 3 aromatic rings. The van der Waals surface area contributed by atoms with Crippen LogP contribution < -0.4 is 19.7 Å². The van der Waals surface area contributed by atoms with E-state index in [1.54, 1.807) is 14.2 Å². The summed E-state index contributed by atoms with van der Waals surface area (Å²) >= 11 is 0. The Balaban J connectivity index is 1.65. The molecule has 4 atom stereocenters. The fraction of sp³-hybridized carbons (Fsp3) is 0.308. The largest absolute Gasteiger partial charge is 0.497 e. The molecular weight excluding hydrogens is 388 g/mol. The summed E-state index contributed by atoms with van der Waals surface area (Å²) in [5.74, 6) is 1.93. The summed E-state index contributed by atoms with van der Waals surface area (Å²) in [6.45, 7) is 0.881. The van der Waals surface area contributed by atoms with Gasteiger partial charge in [-0.3, -0.25) is 0 Å². The van der Waals surface area contributed by atoms with Gasteiger partial charge in [0.25, 0.3) is 0 Å². The summed E-state index contributed by atoms with van der Waals surface area (Å²) in [5, 5.41) is 14.0. The Morgan fingerprint density at radius 2 is 1.71 bits per heavy atom. The Hall–Kier alpha value is -3.18. The fourth-order valence-corrected chi connectivity index (χ4v) is 5.95. The van der Waals surface area contributed by atoms with E-state index < -0.39 is 0 Å². The quantitative estimate of drug-likeness (QED) is 0.656. The van der Waals surface area contributed by atoms with Crippen molar-refractivity contribution < 1.29 is 14.6 Å². The summed E-state index contributed by atoms with van der Waals surface area (Å²) in [4.78, 5) is 2.47. The van der Waals surface area contributed by atoms with E-state index in [-0.39, 0.29) is 30.5 Å². The molecule has 2 N–H and O–H groups in total. The maximum absolute atomic E-state index is 10.2. The van der Waals surface area contributed by atoms with Gasteiger partial charge >= 0.3 is 0 Å². The number of hydrogen-bond acceptors (Lipinski definition) is 5. The lowest BCUT2D eigenvalue weighted by molar-refractivity contribution is 0.253. The molecule has 5 heteroatoms. The van der Waals surface area contributed by atoms with E-state index in [2.05, 4.69) is 64.8 Å². The lowest BCUT2D eigenvalue weighted by atomic mass is 9.71. The van der Waals surface area contributed by atoms with Gasteiger partial charge in [0, 0.05) is 47.5 Å². The average molecular weight is 415 g/mol. The average Bonchev–Trinajstić information content (AvgIpc) is 3.21. The number of aliphatic hydroxyl groups is 1. The van der Waals surface area contributed by atoms with E-state index >= 15 is 0 Å². The first kappa shape index (κ1) is 18.6. The predicted molar refractivity (Wildman–Crippen MR) is 121 cm³/mol. The summed E-state index contributed by atoms with van der Waals surface area (Å²) in [6.07, 6.45) is 0. The Kier molecular flexibility index (Phi) is 4.15. The van der Waals surface area contributed by atoms with Crippen molar-refractivity contribution in [3.8, 4) is 11.5 Å². The van der Waals surface area contributed by atoms with E-state index in [9.17, 15) is 5.11 Å². The molecule has 31 heavy (non-hydrogen) atoms. The first-order chi connectivity index (χ1) is 15.2. The molecule has 3 heterocycles. The van der Waals surface area contributed by atoms with E-state index in [1.807, 2.05) is 6.07 Å². The molecule has 0 bridgehead atoms. The standard InChI is InChI=1S/C26H26N2O3/c1-30-16-11-21-24(22(12-16)31-2)25-23(19-9-5-6-10-20(19)27-25)26-18-8-4-3-7-17(18)15(14-29)13-28(21)26/h3-12,15,23,25-27,29H,13-14H2,1-2H3/t15-,23+,25-,26+/m0/s1. The number of nitrogens with one attached hydrogen (secondary N) is 1. The molecule has 158 valence electrons. The van der Waals surface area contributed by atoms with Crippen LogP contribution in [0.15, 0.2) is 60.7 Å². The van der Waals surface area contributed by atoms with Gasteiger partial charge in [-0.25, -0.2) is 0 Å². The highest BCUT2D eigenvalue weighted by Crippen LogP contribution is 2.62. The van der Waals surface area contributed by atoms with Crippen LogP contribution in [0.3, 0.4) is 0 Å². The van der Waals surface area contributed by atoms with Gasteiger partial charge in [-0.05, 0) is 22.8 Å². The SMILES string of the molecule is COc1cc(OC)c2c(c1)N1C[C@@H](CO)c3ccccc3[C@@H]1[C@@H]1c3ccccc3N[C@H]21. The predicted octanol–water partition coefficient (Wildman–Crippen LogP) is 4.61. The lowest BCUT2D eigenvalue weighted by Crippen LogP contribution is -2.46. The second kappa shape index (κ2) is 6.92. The number of anilines is 2. The molecular formula is C26H26N2O3. The van der Waals surface area contributed by atoms with Crippen LogP contribution in [0.2, 0.25) is 0 Å². The minimum absolute atomic E-state index is 0.0682. The van der Waals surface area contributed by atoms with E-state index in [0.717, 1.165) is 29.3 Å². The van der Waals surface area contributed by atoms with Crippen LogP contribution in [0.1, 0.15) is 46.2 Å². The Morgan fingerprint density at radius 3 is 2.45 bits per heavy atom. The molecule has 6 rings (SSSR count). The number of para-hydroxylation sites is 1. The van der Waals surface area contributed by atoms with Crippen molar-refractivity contribution in [1.29, 1.82) is 0 Å². The first-order valence-electron chi connectivity index (χ1n) is 10.8. The second-order valence-corrected chi connectivity index (χ2v) is 8.60. The highest BCUT2D eigenvalue weighted by atomic mass is 16.5. The van der Waals surface area contributed by atoms with Crippen molar-refractivity contribution >= 4 is 11.4 Å². The van der Waals surface area contributed by atoms with Gasteiger partial charge < -0.3 is 24.8 Å². The van der Waals surface area contributed by atoms with E-state index in [4.69, 9.17) is 9.47 Å².